The zero-order valence-corrected chi connectivity index (χ0v) is 11.8. The van der Waals surface area contributed by atoms with Gasteiger partial charge in [0.1, 0.15) is 5.15 Å². The third-order valence-electron chi connectivity index (χ3n) is 2.30. The minimum Gasteiger partial charge on any atom is -0.298 e. The first-order valence-electron chi connectivity index (χ1n) is 4.78. The first-order chi connectivity index (χ1) is 8.52. The van der Waals surface area contributed by atoms with Crippen LogP contribution in [0.15, 0.2) is 24.4 Å². The normalized spacial score (nSPS) is 10.4. The average Bonchev–Trinajstić information content (AvgIpc) is 2.35. The van der Waals surface area contributed by atoms with E-state index in [0.29, 0.717) is 38.0 Å². The molecule has 0 aliphatic rings. The molecule has 92 valence electrons. The number of aromatic nitrogens is 1. The van der Waals surface area contributed by atoms with Crippen LogP contribution in [0.5, 0.6) is 0 Å². The number of carbonyl (C=O) groups is 1. The van der Waals surface area contributed by atoms with Gasteiger partial charge in [-0.1, -0.05) is 46.4 Å². The summed E-state index contributed by atoms with van der Waals surface area (Å²) in [5.41, 5.74) is 1.51. The van der Waals surface area contributed by atoms with Crippen LogP contribution in [-0.4, -0.2) is 11.3 Å². The molecular weight excluding hydrogens is 316 g/mol. The van der Waals surface area contributed by atoms with E-state index < -0.39 is 0 Å². The highest BCUT2D eigenvalue weighted by Crippen LogP contribution is 2.37. The van der Waals surface area contributed by atoms with Crippen LogP contribution in [-0.2, 0) is 0 Å². The molecule has 0 saturated heterocycles. The van der Waals surface area contributed by atoms with Crippen LogP contribution in [0.2, 0.25) is 20.2 Å². The fraction of sp³-hybridized carbons (Fsp3) is 0. The van der Waals surface area contributed by atoms with E-state index in [1.165, 1.54) is 12.3 Å². The van der Waals surface area contributed by atoms with Crippen molar-refractivity contribution in [3.05, 3.63) is 50.2 Å². The second-order valence-electron chi connectivity index (χ2n) is 3.47. The van der Waals surface area contributed by atoms with Gasteiger partial charge in [-0.2, -0.15) is 0 Å². The summed E-state index contributed by atoms with van der Waals surface area (Å²) in [6, 6.07) is 4.70. The standard InChI is InChI=1S/C12H5Cl4NO/c13-9-3-11(15)10(14)2-7(9)8-1-6(5-18)4-17-12(8)16/h1-5H. The van der Waals surface area contributed by atoms with Gasteiger partial charge >= 0.3 is 0 Å². The van der Waals surface area contributed by atoms with Crippen LogP contribution in [0.25, 0.3) is 11.1 Å². The average molecular weight is 321 g/mol. The number of rotatable bonds is 2. The van der Waals surface area contributed by atoms with Gasteiger partial charge in [-0.25, -0.2) is 4.98 Å². The summed E-state index contributed by atoms with van der Waals surface area (Å²) in [7, 11) is 0. The van der Waals surface area contributed by atoms with Crippen molar-refractivity contribution in [3.8, 4) is 11.1 Å². The summed E-state index contributed by atoms with van der Waals surface area (Å²) in [5.74, 6) is 0. The molecule has 0 amide bonds. The molecule has 1 aromatic heterocycles. The SMILES string of the molecule is O=Cc1cnc(Cl)c(-c2cc(Cl)c(Cl)cc2Cl)c1. The predicted octanol–water partition coefficient (Wildman–Crippen LogP) is 5.17. The second kappa shape index (κ2) is 5.45. The Morgan fingerprint density at radius 2 is 1.56 bits per heavy atom. The van der Waals surface area contributed by atoms with Gasteiger partial charge in [0.25, 0.3) is 0 Å². The highest BCUT2D eigenvalue weighted by molar-refractivity contribution is 6.44. The molecule has 0 unspecified atom stereocenters. The van der Waals surface area contributed by atoms with Gasteiger partial charge in [-0.15, -0.1) is 0 Å². The molecule has 2 nitrogen and oxygen atoms in total. The third kappa shape index (κ3) is 2.62. The van der Waals surface area contributed by atoms with Crippen molar-refractivity contribution in [3.63, 3.8) is 0 Å². The number of pyridine rings is 1. The smallest absolute Gasteiger partial charge is 0.151 e. The minimum absolute atomic E-state index is 0.237. The molecule has 18 heavy (non-hydrogen) atoms. The van der Waals surface area contributed by atoms with E-state index in [1.807, 2.05) is 0 Å². The van der Waals surface area contributed by atoms with Gasteiger partial charge in [0.05, 0.1) is 15.1 Å². The quantitative estimate of drug-likeness (QED) is 0.434. The molecular formula is C12H5Cl4NO. The van der Waals surface area contributed by atoms with Crippen LogP contribution in [0.1, 0.15) is 10.4 Å². The number of aldehydes is 1. The van der Waals surface area contributed by atoms with Crippen molar-refractivity contribution < 1.29 is 4.79 Å². The summed E-state index contributed by atoms with van der Waals surface area (Å²) in [6.45, 7) is 0. The number of hydrogen-bond donors (Lipinski definition) is 0. The zero-order chi connectivity index (χ0) is 13.3. The van der Waals surface area contributed by atoms with Crippen molar-refractivity contribution in [2.75, 3.05) is 0 Å². The molecule has 0 saturated carbocycles. The zero-order valence-electron chi connectivity index (χ0n) is 8.75. The van der Waals surface area contributed by atoms with E-state index in [1.54, 1.807) is 12.1 Å². The van der Waals surface area contributed by atoms with Crippen molar-refractivity contribution in [2.45, 2.75) is 0 Å². The molecule has 2 rings (SSSR count). The first-order valence-corrected chi connectivity index (χ1v) is 6.29. The topological polar surface area (TPSA) is 30.0 Å². The van der Waals surface area contributed by atoms with Crippen LogP contribution < -0.4 is 0 Å². The molecule has 0 fully saturated rings. The highest BCUT2D eigenvalue weighted by atomic mass is 35.5. The van der Waals surface area contributed by atoms with Gasteiger partial charge < -0.3 is 0 Å². The molecule has 6 heteroatoms. The lowest BCUT2D eigenvalue weighted by Gasteiger charge is -2.08. The molecule has 0 aliphatic heterocycles. The van der Waals surface area contributed by atoms with Crippen molar-refractivity contribution in [1.29, 1.82) is 0 Å². The summed E-state index contributed by atoms with van der Waals surface area (Å²) in [4.78, 5) is 14.7. The Bertz CT molecular complexity index is 628. The van der Waals surface area contributed by atoms with Crippen LogP contribution in [0.4, 0.5) is 0 Å². The number of benzene rings is 1. The number of carbonyl (C=O) groups excluding carboxylic acids is 1. The fourth-order valence-electron chi connectivity index (χ4n) is 1.45. The maximum Gasteiger partial charge on any atom is 0.151 e. The highest BCUT2D eigenvalue weighted by Gasteiger charge is 2.12. The summed E-state index contributed by atoms with van der Waals surface area (Å²) in [6.07, 6.45) is 2.06. The summed E-state index contributed by atoms with van der Waals surface area (Å²) in [5, 5.41) is 1.32. The Morgan fingerprint density at radius 3 is 2.22 bits per heavy atom. The molecule has 0 atom stereocenters. The lowest BCUT2D eigenvalue weighted by Crippen LogP contribution is -1.89. The van der Waals surface area contributed by atoms with E-state index in [2.05, 4.69) is 4.98 Å². The van der Waals surface area contributed by atoms with Gasteiger partial charge in [-0.3, -0.25) is 4.79 Å². The molecule has 0 bridgehead atoms. The molecule has 1 aromatic carbocycles. The Morgan fingerprint density at radius 1 is 0.889 bits per heavy atom. The molecule has 1 heterocycles. The second-order valence-corrected chi connectivity index (χ2v) is 5.05. The van der Waals surface area contributed by atoms with Crippen LogP contribution in [0.3, 0.4) is 0 Å². The van der Waals surface area contributed by atoms with Crippen LogP contribution in [0, 0.1) is 0 Å². The number of nitrogens with zero attached hydrogens (tertiary/aromatic N) is 1. The third-order valence-corrected chi connectivity index (χ3v) is 3.63. The molecule has 0 aliphatic carbocycles. The molecule has 0 spiro atoms. The summed E-state index contributed by atoms with van der Waals surface area (Å²) >= 11 is 23.9. The van der Waals surface area contributed by atoms with Crippen molar-refractivity contribution >= 4 is 52.7 Å². The number of hydrogen-bond acceptors (Lipinski definition) is 2. The number of halogens is 4. The first kappa shape index (κ1) is 13.6. The van der Waals surface area contributed by atoms with E-state index >= 15 is 0 Å². The molecule has 2 aromatic rings. The minimum atomic E-state index is 0.237. The monoisotopic (exact) mass is 319 g/mol. The Labute approximate surface area is 123 Å². The van der Waals surface area contributed by atoms with E-state index in [0.717, 1.165) is 0 Å². The Balaban J connectivity index is 2.68. The van der Waals surface area contributed by atoms with Gasteiger partial charge in [0.15, 0.2) is 6.29 Å². The Kier molecular flexibility index (Phi) is 4.13. The lowest BCUT2D eigenvalue weighted by atomic mass is 10.1. The van der Waals surface area contributed by atoms with E-state index in [9.17, 15) is 4.79 Å². The van der Waals surface area contributed by atoms with Crippen molar-refractivity contribution in [2.24, 2.45) is 0 Å². The molecule has 0 radical (unpaired) electrons. The maximum atomic E-state index is 10.7. The predicted molar refractivity (Wildman–Crippen MR) is 75.1 cm³/mol. The maximum absolute atomic E-state index is 10.7. The summed E-state index contributed by atoms with van der Waals surface area (Å²) < 4.78 is 0. The van der Waals surface area contributed by atoms with E-state index in [-0.39, 0.29) is 5.15 Å². The Hall–Kier alpha value is -0.800. The van der Waals surface area contributed by atoms with E-state index in [4.69, 9.17) is 46.4 Å². The van der Waals surface area contributed by atoms with Gasteiger partial charge in [-0.05, 0) is 18.2 Å². The lowest BCUT2D eigenvalue weighted by molar-refractivity contribution is 0.112. The van der Waals surface area contributed by atoms with Gasteiger partial charge in [0.2, 0.25) is 0 Å². The van der Waals surface area contributed by atoms with Crippen molar-refractivity contribution in [1.82, 2.24) is 4.98 Å². The fourth-order valence-corrected chi connectivity index (χ4v) is 2.30. The molecule has 0 N–H and O–H groups in total. The largest absolute Gasteiger partial charge is 0.298 e. The van der Waals surface area contributed by atoms with Gasteiger partial charge in [0, 0.05) is 22.9 Å². The van der Waals surface area contributed by atoms with Crippen LogP contribution >= 0.6 is 46.4 Å².